The summed E-state index contributed by atoms with van der Waals surface area (Å²) >= 11 is 0. The van der Waals surface area contributed by atoms with Crippen molar-refractivity contribution >= 4 is 34.7 Å². The van der Waals surface area contributed by atoms with Crippen molar-refractivity contribution < 1.29 is 29.4 Å². The van der Waals surface area contributed by atoms with Crippen molar-refractivity contribution in [2.45, 2.75) is 70.0 Å². The lowest BCUT2D eigenvalue weighted by Crippen LogP contribution is -2.55. The number of para-hydroxylation sites is 1. The van der Waals surface area contributed by atoms with E-state index in [2.05, 4.69) is 15.6 Å². The normalized spacial score (nSPS) is 13.1. The first-order valence-electron chi connectivity index (χ1n) is 12.3. The topological polar surface area (TPSA) is 227 Å². The number of amides is 2. The first kappa shape index (κ1) is 31.5. The fraction of sp³-hybridized carbons (Fsp3) is 0.520. The summed E-state index contributed by atoms with van der Waals surface area (Å²) in [7, 11) is 0. The summed E-state index contributed by atoms with van der Waals surface area (Å²) in [6, 6.07) is 4.79. The van der Waals surface area contributed by atoms with Gasteiger partial charge in [0.05, 0.1) is 6.04 Å². The number of hydrogen-bond donors (Lipinski definition) is 8. The Kier molecular flexibility index (Phi) is 14.5. The van der Waals surface area contributed by atoms with Crippen molar-refractivity contribution in [2.24, 2.45) is 17.2 Å². The third-order valence-corrected chi connectivity index (χ3v) is 5.60. The minimum absolute atomic E-state index is 0.187. The number of aromatic nitrogens is 1. The number of nitrogens with one attached hydrogen (secondary N) is 3. The molecule has 0 unspecified atom stereocenters. The average Bonchev–Trinajstić information content (AvgIpc) is 3.25. The van der Waals surface area contributed by atoms with Crippen LogP contribution >= 0.6 is 0 Å². The number of carbonyl (C=O) groups excluding carboxylic acids is 2. The molecule has 2 aromatic rings. The van der Waals surface area contributed by atoms with Gasteiger partial charge in [0, 0.05) is 30.4 Å². The molecule has 1 aromatic heterocycles. The Labute approximate surface area is 216 Å². The highest BCUT2D eigenvalue weighted by atomic mass is 16.4. The summed E-state index contributed by atoms with van der Waals surface area (Å²) < 4.78 is 0. The number of unbranched alkanes of at least 4 members (excludes halogenated alkanes) is 2. The maximum atomic E-state index is 13.1. The Hall–Kier alpha value is -3.48. The second kappa shape index (κ2) is 17.1. The summed E-state index contributed by atoms with van der Waals surface area (Å²) in [5.74, 6) is -2.99. The molecule has 37 heavy (non-hydrogen) atoms. The molecule has 0 radical (unpaired) electrons. The van der Waals surface area contributed by atoms with E-state index >= 15 is 0 Å². The van der Waals surface area contributed by atoms with Gasteiger partial charge in [0.1, 0.15) is 12.1 Å². The van der Waals surface area contributed by atoms with Gasteiger partial charge in [-0.25, -0.2) is 4.79 Å². The first-order valence-corrected chi connectivity index (χ1v) is 12.3. The van der Waals surface area contributed by atoms with Crippen LogP contribution in [0.15, 0.2) is 30.5 Å². The molecule has 12 nitrogen and oxygen atoms in total. The summed E-state index contributed by atoms with van der Waals surface area (Å²) in [4.78, 5) is 49.6. The van der Waals surface area contributed by atoms with Crippen molar-refractivity contribution in [1.82, 2.24) is 15.6 Å². The maximum Gasteiger partial charge on any atom is 0.326 e. The molecule has 0 saturated carbocycles. The number of aliphatic carboxylic acids is 2. The largest absolute Gasteiger partial charge is 0.481 e. The monoisotopic (exact) mass is 520 g/mol. The molecule has 1 heterocycles. The van der Waals surface area contributed by atoms with Gasteiger partial charge in [0.15, 0.2) is 0 Å². The molecule has 12 heteroatoms. The molecular weight excluding hydrogens is 480 g/mol. The number of H-pyrrole nitrogens is 1. The minimum Gasteiger partial charge on any atom is -0.481 e. The molecule has 0 aliphatic carbocycles. The highest BCUT2D eigenvalue weighted by Crippen LogP contribution is 2.19. The molecule has 0 saturated heterocycles. The van der Waals surface area contributed by atoms with Crippen LogP contribution in [0.5, 0.6) is 0 Å². The van der Waals surface area contributed by atoms with Crippen LogP contribution in [0.1, 0.15) is 51.0 Å². The van der Waals surface area contributed by atoms with Crippen LogP contribution in [0, 0.1) is 0 Å². The number of nitrogens with two attached hydrogens (primary N) is 3. The van der Waals surface area contributed by atoms with Gasteiger partial charge in [-0.05, 0) is 56.8 Å². The van der Waals surface area contributed by atoms with Crippen LogP contribution in [0.4, 0.5) is 0 Å². The number of carboxylic acid groups (broad SMARTS) is 2. The van der Waals surface area contributed by atoms with E-state index < -0.39 is 41.9 Å². The zero-order valence-electron chi connectivity index (χ0n) is 21.2. The van der Waals surface area contributed by atoms with Crippen molar-refractivity contribution in [3.8, 4) is 0 Å². The smallest absolute Gasteiger partial charge is 0.326 e. The molecule has 2 amide bonds. The van der Waals surface area contributed by atoms with E-state index in [9.17, 15) is 19.5 Å². The van der Waals surface area contributed by atoms with Gasteiger partial charge in [-0.15, -0.1) is 0 Å². The number of rotatable bonds is 15. The Morgan fingerprint density at radius 1 is 0.892 bits per heavy atom. The molecule has 1 aromatic carbocycles. The van der Waals surface area contributed by atoms with Crippen molar-refractivity contribution in [2.75, 3.05) is 13.1 Å². The number of hydrogen-bond acceptors (Lipinski definition) is 7. The molecule has 0 spiro atoms. The fourth-order valence-corrected chi connectivity index (χ4v) is 3.67. The predicted molar refractivity (Wildman–Crippen MR) is 141 cm³/mol. The third-order valence-electron chi connectivity index (χ3n) is 5.60. The second-order valence-corrected chi connectivity index (χ2v) is 8.72. The van der Waals surface area contributed by atoms with Crippen LogP contribution in [-0.2, 0) is 25.6 Å². The molecule has 2 rings (SSSR count). The molecule has 0 fully saturated rings. The van der Waals surface area contributed by atoms with E-state index in [1.54, 1.807) is 6.20 Å². The highest BCUT2D eigenvalue weighted by molar-refractivity contribution is 5.92. The highest BCUT2D eigenvalue weighted by Gasteiger charge is 2.28. The molecule has 0 aliphatic rings. The zero-order chi connectivity index (χ0) is 27.8. The van der Waals surface area contributed by atoms with Crippen LogP contribution in [-0.4, -0.2) is 70.2 Å². The number of fused-ring (bicyclic) bond motifs is 1. The van der Waals surface area contributed by atoms with E-state index in [4.69, 9.17) is 27.1 Å². The van der Waals surface area contributed by atoms with Gasteiger partial charge in [0.25, 0.3) is 5.97 Å². The molecule has 0 bridgehead atoms. The summed E-state index contributed by atoms with van der Waals surface area (Å²) in [5, 5.41) is 23.2. The van der Waals surface area contributed by atoms with E-state index in [0.717, 1.165) is 29.8 Å². The quantitative estimate of drug-likeness (QED) is 0.152. The van der Waals surface area contributed by atoms with Gasteiger partial charge in [-0.3, -0.25) is 14.4 Å². The number of carbonyl (C=O) groups is 4. The molecule has 0 aliphatic heterocycles. The Morgan fingerprint density at radius 3 is 2.05 bits per heavy atom. The number of benzene rings is 1. The number of carboxylic acids is 2. The van der Waals surface area contributed by atoms with Crippen LogP contribution in [0.3, 0.4) is 0 Å². The fourth-order valence-electron chi connectivity index (χ4n) is 3.67. The van der Waals surface area contributed by atoms with Crippen LogP contribution in [0.25, 0.3) is 10.9 Å². The maximum absolute atomic E-state index is 13.1. The van der Waals surface area contributed by atoms with Crippen LogP contribution < -0.4 is 27.8 Å². The minimum atomic E-state index is -1.13. The lowest BCUT2D eigenvalue weighted by atomic mass is 10.0. The average molecular weight is 521 g/mol. The SMILES string of the molecule is CC(=O)O.NCCCC[C@H](NC(=O)[C@H](Cc1c[nH]c2ccccc12)NC(=O)[C@@H](N)CCCCN)C(=O)O. The number of aromatic amines is 1. The van der Waals surface area contributed by atoms with Crippen molar-refractivity contribution in [1.29, 1.82) is 0 Å². The molecular formula is C25H40N6O6. The standard InChI is InChI=1S/C23H36N6O4.C2H4O2/c24-11-5-3-8-17(26)21(30)29-20(13-15-14-27-18-9-2-1-7-16(15)18)22(31)28-19(23(32)33)10-4-6-12-25;1-2(3)4/h1-2,7,9,14,17,19-20,27H,3-6,8,10-13,24-26H2,(H,28,31)(H,29,30)(H,32,33);1H3,(H,3,4)/t17-,19-,20-;/m0./s1. The van der Waals surface area contributed by atoms with E-state index in [-0.39, 0.29) is 12.8 Å². The lowest BCUT2D eigenvalue weighted by Gasteiger charge is -2.23. The van der Waals surface area contributed by atoms with Gasteiger partial charge in [-0.1, -0.05) is 24.6 Å². The van der Waals surface area contributed by atoms with Gasteiger partial charge in [-0.2, -0.15) is 0 Å². The second-order valence-electron chi connectivity index (χ2n) is 8.72. The van der Waals surface area contributed by atoms with Crippen molar-refractivity contribution in [3.05, 3.63) is 36.0 Å². The molecule has 3 atom stereocenters. The Balaban J connectivity index is 0.00000159. The first-order chi connectivity index (χ1) is 17.6. The molecule has 206 valence electrons. The molecule has 11 N–H and O–H groups in total. The Morgan fingerprint density at radius 2 is 1.46 bits per heavy atom. The van der Waals surface area contributed by atoms with Gasteiger partial charge >= 0.3 is 5.97 Å². The summed E-state index contributed by atoms with van der Waals surface area (Å²) in [6.07, 6.45) is 5.36. The van der Waals surface area contributed by atoms with E-state index in [1.807, 2.05) is 24.3 Å². The summed E-state index contributed by atoms with van der Waals surface area (Å²) in [6.45, 7) is 2.04. The van der Waals surface area contributed by atoms with Gasteiger partial charge < -0.3 is 43.0 Å². The van der Waals surface area contributed by atoms with E-state index in [0.29, 0.717) is 38.8 Å². The van der Waals surface area contributed by atoms with Crippen LogP contribution in [0.2, 0.25) is 0 Å². The van der Waals surface area contributed by atoms with E-state index in [1.165, 1.54) is 0 Å². The lowest BCUT2D eigenvalue weighted by molar-refractivity contribution is -0.142. The third kappa shape index (κ3) is 11.9. The Bertz CT molecular complexity index is 1010. The predicted octanol–water partition coefficient (Wildman–Crippen LogP) is 0.441. The zero-order valence-corrected chi connectivity index (χ0v) is 21.2. The van der Waals surface area contributed by atoms with Crippen molar-refractivity contribution in [3.63, 3.8) is 0 Å². The van der Waals surface area contributed by atoms with Gasteiger partial charge in [0.2, 0.25) is 11.8 Å². The summed E-state index contributed by atoms with van der Waals surface area (Å²) in [5.41, 5.74) is 18.7.